The van der Waals surface area contributed by atoms with Crippen LogP contribution in [-0.4, -0.2) is 69.4 Å². The maximum atomic E-state index is 12.8. The number of aromatic nitrogens is 2. The van der Waals surface area contributed by atoms with Crippen LogP contribution in [0.25, 0.3) is 0 Å². The van der Waals surface area contributed by atoms with E-state index in [1.54, 1.807) is 6.07 Å². The number of carboxylic acid groups (broad SMARTS) is 1. The van der Waals surface area contributed by atoms with Crippen molar-refractivity contribution in [2.75, 3.05) is 25.2 Å². The fraction of sp³-hybridized carbons (Fsp3) is 0.263. The molecular formula is C19H18N6O7S2. The number of hydrogen-bond acceptors (Lipinski definition) is 11. The maximum absolute atomic E-state index is 12.8. The molecule has 1 saturated heterocycles. The quantitative estimate of drug-likeness (QED) is 0.139. The van der Waals surface area contributed by atoms with Gasteiger partial charge in [0.15, 0.2) is 22.8 Å². The van der Waals surface area contributed by atoms with Crippen molar-refractivity contribution in [2.45, 2.75) is 11.4 Å². The molecule has 2 aliphatic rings. The molecule has 13 nitrogen and oxygen atoms in total. The number of fused-ring (bicyclic) bond motifs is 1. The van der Waals surface area contributed by atoms with E-state index in [1.165, 1.54) is 42.7 Å². The first-order valence-corrected chi connectivity index (χ1v) is 11.6. The topological polar surface area (TPSA) is 183 Å². The fourth-order valence-corrected chi connectivity index (χ4v) is 5.26. The van der Waals surface area contributed by atoms with Gasteiger partial charge in [-0.05, 0) is 6.07 Å². The fourth-order valence-electron chi connectivity index (χ4n) is 3.39. The second kappa shape index (κ2) is 9.56. The Morgan fingerprint density at radius 3 is 2.94 bits per heavy atom. The van der Waals surface area contributed by atoms with Gasteiger partial charge in [-0.3, -0.25) is 14.5 Å². The van der Waals surface area contributed by atoms with E-state index in [0.717, 1.165) is 16.2 Å². The third kappa shape index (κ3) is 4.47. The first-order valence-electron chi connectivity index (χ1n) is 9.65. The number of amides is 2. The average Bonchev–Trinajstić information content (AvgIpc) is 3.24. The van der Waals surface area contributed by atoms with Crippen molar-refractivity contribution in [1.29, 1.82) is 0 Å². The highest BCUT2D eigenvalue weighted by Gasteiger charge is 2.54. The third-order valence-electron chi connectivity index (χ3n) is 4.86. The molecule has 0 spiro atoms. The van der Waals surface area contributed by atoms with Gasteiger partial charge in [0.05, 0.1) is 0 Å². The zero-order valence-corrected chi connectivity index (χ0v) is 19.2. The van der Waals surface area contributed by atoms with Crippen molar-refractivity contribution in [2.24, 2.45) is 5.16 Å². The van der Waals surface area contributed by atoms with Gasteiger partial charge in [-0.15, -0.1) is 23.1 Å². The highest BCUT2D eigenvalue weighted by Crippen LogP contribution is 2.40. The van der Waals surface area contributed by atoms with Gasteiger partial charge in [-0.2, -0.15) is 4.73 Å². The summed E-state index contributed by atoms with van der Waals surface area (Å²) in [5.41, 5.74) is 5.80. The Kier molecular flexibility index (Phi) is 6.56. The predicted octanol–water partition coefficient (Wildman–Crippen LogP) is -0.473. The molecule has 2 aromatic rings. The van der Waals surface area contributed by atoms with Crippen LogP contribution in [-0.2, 0) is 19.2 Å². The van der Waals surface area contributed by atoms with E-state index in [9.17, 15) is 24.7 Å². The SMILES string of the molecule is CO/N=C(\C(=O)N[C@@H]1C(=O)N2C(C(=O)O)=C(COc3ccc[n+]([O-])c3)CS[C@H]12)c1csc(N)n1. The molecular weight excluding hydrogens is 488 g/mol. The maximum Gasteiger partial charge on any atom is 0.352 e. The van der Waals surface area contributed by atoms with Crippen molar-refractivity contribution in [3.63, 3.8) is 0 Å². The van der Waals surface area contributed by atoms with Crippen LogP contribution in [0, 0.1) is 5.21 Å². The number of β-lactam (4-membered cyclic amide) rings is 1. The second-order valence-corrected chi connectivity index (χ2v) is 8.99. The van der Waals surface area contributed by atoms with Crippen LogP contribution < -0.4 is 20.5 Å². The van der Waals surface area contributed by atoms with E-state index >= 15 is 0 Å². The smallest absolute Gasteiger partial charge is 0.352 e. The zero-order chi connectivity index (χ0) is 24.4. The van der Waals surface area contributed by atoms with E-state index in [-0.39, 0.29) is 40.3 Å². The number of nitrogens with two attached hydrogens (primary N) is 1. The first-order chi connectivity index (χ1) is 16.3. The number of ether oxygens (including phenoxy) is 1. The van der Waals surface area contributed by atoms with Crippen LogP contribution >= 0.6 is 23.1 Å². The van der Waals surface area contributed by atoms with Gasteiger partial charge >= 0.3 is 5.97 Å². The number of aliphatic carboxylic acids is 1. The number of rotatable bonds is 8. The summed E-state index contributed by atoms with van der Waals surface area (Å²) >= 11 is 2.39. The second-order valence-electron chi connectivity index (χ2n) is 7.00. The summed E-state index contributed by atoms with van der Waals surface area (Å²) in [7, 11) is 1.26. The molecule has 4 rings (SSSR count). The molecule has 0 saturated carbocycles. The Labute approximate surface area is 200 Å². The van der Waals surface area contributed by atoms with Gasteiger partial charge in [0, 0.05) is 22.8 Å². The molecule has 4 N–H and O–H groups in total. The van der Waals surface area contributed by atoms with Gasteiger partial charge in [-0.25, -0.2) is 9.78 Å². The lowest BCUT2D eigenvalue weighted by molar-refractivity contribution is -0.605. The number of hydrogen-bond donors (Lipinski definition) is 3. The highest BCUT2D eigenvalue weighted by molar-refractivity contribution is 8.00. The number of carbonyl (C=O) groups is 3. The molecule has 4 heterocycles. The van der Waals surface area contributed by atoms with Crippen LogP contribution in [0.3, 0.4) is 0 Å². The molecule has 15 heteroatoms. The van der Waals surface area contributed by atoms with Crippen LogP contribution in [0.5, 0.6) is 5.75 Å². The van der Waals surface area contributed by atoms with Crippen molar-refractivity contribution >= 4 is 51.7 Å². The Hall–Kier alpha value is -3.85. The van der Waals surface area contributed by atoms with E-state index in [4.69, 9.17) is 15.3 Å². The number of carbonyl (C=O) groups excluding carboxylic acids is 2. The summed E-state index contributed by atoms with van der Waals surface area (Å²) in [5, 5.41) is 28.5. The molecule has 2 aromatic heterocycles. The average molecular weight is 507 g/mol. The molecule has 0 aromatic carbocycles. The predicted molar refractivity (Wildman–Crippen MR) is 121 cm³/mol. The number of thiazole rings is 1. The van der Waals surface area contributed by atoms with Crippen molar-refractivity contribution in [3.05, 3.63) is 52.1 Å². The molecule has 1 fully saturated rings. The third-order valence-corrected chi connectivity index (χ3v) is 6.87. The van der Waals surface area contributed by atoms with Gasteiger partial charge in [0.1, 0.15) is 36.5 Å². The largest absolute Gasteiger partial charge is 0.619 e. The van der Waals surface area contributed by atoms with E-state index in [0.29, 0.717) is 10.3 Å². The summed E-state index contributed by atoms with van der Waals surface area (Å²) in [6.45, 7) is -0.123. The summed E-state index contributed by atoms with van der Waals surface area (Å²) in [4.78, 5) is 47.4. The minimum absolute atomic E-state index is 0.123. The lowest BCUT2D eigenvalue weighted by Gasteiger charge is -2.49. The lowest BCUT2D eigenvalue weighted by Crippen LogP contribution is -2.71. The first kappa shape index (κ1) is 23.3. The normalized spacial score (nSPS) is 19.9. The molecule has 34 heavy (non-hydrogen) atoms. The zero-order valence-electron chi connectivity index (χ0n) is 17.5. The number of oxime groups is 1. The molecule has 178 valence electrons. The van der Waals surface area contributed by atoms with Gasteiger partial charge in [0.2, 0.25) is 6.20 Å². The number of anilines is 1. The van der Waals surface area contributed by atoms with Gasteiger partial charge in [0.25, 0.3) is 11.8 Å². The highest BCUT2D eigenvalue weighted by atomic mass is 32.2. The van der Waals surface area contributed by atoms with Crippen molar-refractivity contribution in [1.82, 2.24) is 15.2 Å². The summed E-state index contributed by atoms with van der Waals surface area (Å²) in [6, 6.07) is 2.08. The van der Waals surface area contributed by atoms with Crippen LogP contribution in [0.15, 0.2) is 46.3 Å². The van der Waals surface area contributed by atoms with Crippen molar-refractivity contribution < 1.29 is 33.8 Å². The molecule has 0 aliphatic carbocycles. The molecule has 0 unspecified atom stereocenters. The number of nitrogens with zero attached hydrogens (tertiary/aromatic N) is 4. The van der Waals surface area contributed by atoms with Crippen molar-refractivity contribution in [3.8, 4) is 5.75 Å². The van der Waals surface area contributed by atoms with Crippen LogP contribution in [0.1, 0.15) is 5.69 Å². The van der Waals surface area contributed by atoms with Crippen LogP contribution in [0.2, 0.25) is 0 Å². The van der Waals surface area contributed by atoms with E-state index < -0.39 is 29.2 Å². The molecule has 2 atom stereocenters. The number of pyridine rings is 1. The summed E-state index contributed by atoms with van der Waals surface area (Å²) in [5.74, 6) is -2.10. The number of carboxylic acids is 1. The Morgan fingerprint density at radius 2 is 2.29 bits per heavy atom. The molecule has 2 aliphatic heterocycles. The molecule has 0 bridgehead atoms. The van der Waals surface area contributed by atoms with E-state index in [2.05, 4.69) is 15.5 Å². The monoisotopic (exact) mass is 506 g/mol. The number of nitrogen functional groups attached to an aromatic ring is 1. The Bertz CT molecular complexity index is 1210. The Morgan fingerprint density at radius 1 is 1.50 bits per heavy atom. The Balaban J connectivity index is 1.49. The van der Waals surface area contributed by atoms with Gasteiger partial charge in [-0.1, -0.05) is 5.16 Å². The molecule has 2 amide bonds. The summed E-state index contributed by atoms with van der Waals surface area (Å²) < 4.78 is 6.10. The number of nitrogens with one attached hydrogen (secondary N) is 1. The number of thioether (sulfide) groups is 1. The van der Waals surface area contributed by atoms with E-state index in [1.807, 2.05) is 0 Å². The molecule has 0 radical (unpaired) electrons. The summed E-state index contributed by atoms with van der Waals surface area (Å²) in [6.07, 6.45) is 2.49. The van der Waals surface area contributed by atoms with Crippen LogP contribution in [0.4, 0.5) is 5.13 Å². The van der Waals surface area contributed by atoms with Gasteiger partial charge < -0.3 is 30.9 Å². The minimum atomic E-state index is -1.30. The minimum Gasteiger partial charge on any atom is -0.619 e. The lowest BCUT2D eigenvalue weighted by atomic mass is 10.0. The standard InChI is InChI=1S/C19H18N6O7S2/c1-31-23-12(11-8-34-19(20)21-11)15(26)22-13-16(27)25-14(18(28)29)9(7-33-17(13)25)6-32-10-3-2-4-24(30)5-10/h2-5,8,13,17H,6-7H2,1H3,(H2,20,21)(H,22,26)(H,28,29)/b23-12-/t13-,17-/m1/s1.